The summed E-state index contributed by atoms with van der Waals surface area (Å²) in [6, 6.07) is 7.44. The van der Waals surface area contributed by atoms with Crippen molar-refractivity contribution < 1.29 is 19.3 Å². The van der Waals surface area contributed by atoms with Crippen molar-refractivity contribution >= 4 is 23.4 Å². The molecule has 3 amide bonds. The van der Waals surface area contributed by atoms with Crippen LogP contribution in [0.15, 0.2) is 36.5 Å². The van der Waals surface area contributed by atoms with Crippen LogP contribution in [-0.4, -0.2) is 86.4 Å². The Kier molecular flexibility index (Phi) is 5.65. The van der Waals surface area contributed by atoms with Crippen LogP contribution in [0.1, 0.15) is 23.3 Å². The summed E-state index contributed by atoms with van der Waals surface area (Å²) in [7, 11) is 0. The number of likely N-dealkylation sites (tertiary alicyclic amines) is 1. The van der Waals surface area contributed by atoms with Gasteiger partial charge in [-0.3, -0.25) is 24.5 Å². The first-order valence-electron chi connectivity index (χ1n) is 10.1. The van der Waals surface area contributed by atoms with E-state index >= 15 is 0 Å². The van der Waals surface area contributed by atoms with E-state index in [2.05, 4.69) is 5.10 Å². The molecule has 2 saturated heterocycles. The van der Waals surface area contributed by atoms with Crippen LogP contribution in [0.3, 0.4) is 0 Å². The lowest BCUT2D eigenvalue weighted by Crippen LogP contribution is -2.54. The van der Waals surface area contributed by atoms with Gasteiger partial charge >= 0.3 is 11.8 Å². The number of nitrogens with zero attached hydrogens (tertiary/aromatic N) is 6. The Morgan fingerprint density at radius 1 is 0.806 bits per heavy atom. The van der Waals surface area contributed by atoms with E-state index in [1.807, 2.05) is 0 Å². The molecule has 0 aliphatic carbocycles. The number of carbonyl (C=O) groups excluding carboxylic acids is 3. The number of aromatic nitrogens is 2. The van der Waals surface area contributed by atoms with E-state index in [9.17, 15) is 24.5 Å². The molecule has 31 heavy (non-hydrogen) atoms. The van der Waals surface area contributed by atoms with Crippen molar-refractivity contribution in [3.63, 3.8) is 0 Å². The molecule has 0 unspecified atom stereocenters. The Labute approximate surface area is 178 Å². The highest BCUT2D eigenvalue weighted by Gasteiger charge is 2.32. The zero-order chi connectivity index (χ0) is 22.0. The second-order valence-corrected chi connectivity index (χ2v) is 7.50. The van der Waals surface area contributed by atoms with E-state index < -0.39 is 16.7 Å². The first-order valence-corrected chi connectivity index (χ1v) is 10.1. The molecule has 0 atom stereocenters. The second kappa shape index (κ2) is 8.54. The molecule has 11 nitrogen and oxygen atoms in total. The number of nitro groups is 1. The summed E-state index contributed by atoms with van der Waals surface area (Å²) in [5.41, 5.74) is 0.814. The third-order valence-electron chi connectivity index (χ3n) is 5.56. The van der Waals surface area contributed by atoms with Crippen LogP contribution in [0.4, 0.5) is 5.69 Å². The maximum absolute atomic E-state index is 12.8. The Balaban J connectivity index is 1.35. The molecule has 11 heteroatoms. The summed E-state index contributed by atoms with van der Waals surface area (Å²) in [5.74, 6) is -1.23. The van der Waals surface area contributed by atoms with Gasteiger partial charge in [0.05, 0.1) is 10.6 Å². The number of rotatable bonds is 3. The normalized spacial score (nSPS) is 16.5. The van der Waals surface area contributed by atoms with Crippen molar-refractivity contribution in [2.45, 2.75) is 12.8 Å². The highest BCUT2D eigenvalue weighted by Crippen LogP contribution is 2.16. The van der Waals surface area contributed by atoms with Crippen LogP contribution in [0, 0.1) is 10.1 Å². The van der Waals surface area contributed by atoms with Crippen molar-refractivity contribution in [1.82, 2.24) is 24.5 Å². The zero-order valence-electron chi connectivity index (χ0n) is 16.8. The van der Waals surface area contributed by atoms with Gasteiger partial charge in [0.1, 0.15) is 0 Å². The van der Waals surface area contributed by atoms with Crippen molar-refractivity contribution in [3.05, 3.63) is 52.3 Å². The minimum atomic E-state index is -0.503. The summed E-state index contributed by atoms with van der Waals surface area (Å²) >= 11 is 0. The van der Waals surface area contributed by atoms with Crippen LogP contribution < -0.4 is 0 Å². The Hall–Kier alpha value is -3.76. The molecule has 4 rings (SSSR count). The molecule has 2 aliphatic heterocycles. The molecular weight excluding hydrogens is 404 g/mol. The summed E-state index contributed by atoms with van der Waals surface area (Å²) in [6.45, 7) is 2.49. The molecule has 2 fully saturated rings. The quantitative estimate of drug-likeness (QED) is 0.404. The number of benzene rings is 1. The largest absolute Gasteiger partial charge is 0.334 e. The highest BCUT2D eigenvalue weighted by atomic mass is 16.6. The number of hydrogen-bond acceptors (Lipinski definition) is 6. The SMILES string of the molecule is O=C(C(=O)N1CCN(C(=O)c2ccn(-c3ccc([N+](=O)[O-])cc3)n2)CC1)N1CCCC1. The summed E-state index contributed by atoms with van der Waals surface area (Å²) in [4.78, 5) is 52.5. The smallest absolute Gasteiger partial charge is 0.312 e. The molecule has 1 aromatic heterocycles. The first kappa shape index (κ1) is 20.5. The lowest BCUT2D eigenvalue weighted by molar-refractivity contribution is -0.384. The molecule has 2 aromatic rings. The molecule has 3 heterocycles. The molecule has 0 saturated carbocycles. The van der Waals surface area contributed by atoms with Gasteiger partial charge < -0.3 is 14.7 Å². The minimum absolute atomic E-state index is 0.0252. The first-order chi connectivity index (χ1) is 14.9. The number of hydrogen-bond donors (Lipinski definition) is 0. The molecule has 0 spiro atoms. The lowest BCUT2D eigenvalue weighted by atomic mass is 10.2. The van der Waals surface area contributed by atoms with Crippen LogP contribution in [0.5, 0.6) is 0 Å². The predicted molar refractivity (Wildman–Crippen MR) is 109 cm³/mol. The van der Waals surface area contributed by atoms with E-state index in [0.29, 0.717) is 45.0 Å². The van der Waals surface area contributed by atoms with E-state index in [1.165, 1.54) is 21.7 Å². The predicted octanol–water partition coefficient (Wildman–Crippen LogP) is 0.687. The van der Waals surface area contributed by atoms with E-state index in [4.69, 9.17) is 0 Å². The van der Waals surface area contributed by atoms with Gasteiger partial charge in [-0.15, -0.1) is 0 Å². The maximum Gasteiger partial charge on any atom is 0.312 e. The molecule has 2 aliphatic rings. The number of non-ortho nitro benzene ring substituents is 1. The fraction of sp³-hybridized carbons (Fsp3) is 0.400. The van der Waals surface area contributed by atoms with E-state index in [-0.39, 0.29) is 17.3 Å². The number of carbonyl (C=O) groups is 3. The molecular formula is C20H22N6O5. The van der Waals surface area contributed by atoms with Gasteiger partial charge in [-0.2, -0.15) is 5.10 Å². The van der Waals surface area contributed by atoms with Gasteiger partial charge in [0.25, 0.3) is 11.6 Å². The van der Waals surface area contributed by atoms with Gasteiger partial charge in [-0.1, -0.05) is 0 Å². The highest BCUT2D eigenvalue weighted by molar-refractivity contribution is 6.35. The van der Waals surface area contributed by atoms with Crippen molar-refractivity contribution in [2.75, 3.05) is 39.3 Å². The summed E-state index contributed by atoms with van der Waals surface area (Å²) in [5, 5.41) is 15.1. The summed E-state index contributed by atoms with van der Waals surface area (Å²) < 4.78 is 1.48. The van der Waals surface area contributed by atoms with E-state index in [1.54, 1.807) is 34.2 Å². The number of piperazine rings is 1. The van der Waals surface area contributed by atoms with Gasteiger partial charge in [-0.05, 0) is 31.0 Å². The van der Waals surface area contributed by atoms with E-state index in [0.717, 1.165) is 12.8 Å². The van der Waals surface area contributed by atoms with Gasteiger partial charge in [0.2, 0.25) is 0 Å². The van der Waals surface area contributed by atoms with Crippen LogP contribution >= 0.6 is 0 Å². The number of amides is 3. The minimum Gasteiger partial charge on any atom is -0.334 e. The summed E-state index contributed by atoms with van der Waals surface area (Å²) in [6.07, 6.45) is 3.46. The average Bonchev–Trinajstić information content (AvgIpc) is 3.50. The lowest BCUT2D eigenvalue weighted by Gasteiger charge is -2.34. The molecule has 0 radical (unpaired) electrons. The third-order valence-corrected chi connectivity index (χ3v) is 5.56. The van der Waals surface area contributed by atoms with Gasteiger partial charge in [-0.25, -0.2) is 4.68 Å². The standard InChI is InChI=1S/C20H22N6O5/c27-18(17-7-10-25(21-17)15-3-5-16(6-4-15)26(30)31)23-11-13-24(14-12-23)20(29)19(28)22-8-1-2-9-22/h3-7,10H,1-2,8-9,11-14H2. The molecule has 0 N–H and O–H groups in total. The fourth-order valence-electron chi connectivity index (χ4n) is 3.77. The van der Waals surface area contributed by atoms with Crippen molar-refractivity contribution in [1.29, 1.82) is 0 Å². The molecule has 0 bridgehead atoms. The Morgan fingerprint density at radius 2 is 1.35 bits per heavy atom. The monoisotopic (exact) mass is 426 g/mol. The Bertz CT molecular complexity index is 1000. The van der Waals surface area contributed by atoms with Crippen molar-refractivity contribution in [2.24, 2.45) is 0 Å². The average molecular weight is 426 g/mol. The zero-order valence-corrected chi connectivity index (χ0v) is 16.8. The fourth-order valence-corrected chi connectivity index (χ4v) is 3.77. The van der Waals surface area contributed by atoms with Crippen LogP contribution in [0.25, 0.3) is 5.69 Å². The van der Waals surface area contributed by atoms with Gasteiger partial charge in [0, 0.05) is 57.6 Å². The topological polar surface area (TPSA) is 122 Å². The number of nitro benzene ring substituents is 1. The van der Waals surface area contributed by atoms with Crippen LogP contribution in [-0.2, 0) is 9.59 Å². The second-order valence-electron chi connectivity index (χ2n) is 7.50. The molecule has 1 aromatic carbocycles. The van der Waals surface area contributed by atoms with Crippen molar-refractivity contribution in [3.8, 4) is 5.69 Å². The van der Waals surface area contributed by atoms with Crippen LogP contribution in [0.2, 0.25) is 0 Å². The molecule has 162 valence electrons. The Morgan fingerprint density at radius 3 is 1.94 bits per heavy atom. The third kappa shape index (κ3) is 4.25. The maximum atomic E-state index is 12.8. The van der Waals surface area contributed by atoms with Gasteiger partial charge in [0.15, 0.2) is 5.69 Å².